The minimum atomic E-state index is -0.245. The Hall–Kier alpha value is -1.89. The van der Waals surface area contributed by atoms with E-state index in [4.69, 9.17) is 0 Å². The number of aromatic amines is 1. The van der Waals surface area contributed by atoms with E-state index < -0.39 is 0 Å². The third-order valence-corrected chi connectivity index (χ3v) is 4.03. The van der Waals surface area contributed by atoms with E-state index in [1.165, 1.54) is 10.8 Å². The number of rotatable bonds is 1. The molecule has 0 spiro atoms. The second-order valence-electron chi connectivity index (χ2n) is 4.97. The van der Waals surface area contributed by atoms with Crippen molar-refractivity contribution >= 4 is 11.5 Å². The lowest BCUT2D eigenvalue weighted by atomic mass is 10.1. The van der Waals surface area contributed by atoms with Crippen LogP contribution >= 0.6 is 0 Å². The van der Waals surface area contributed by atoms with E-state index in [1.807, 2.05) is 6.07 Å². The second kappa shape index (κ2) is 3.55. The van der Waals surface area contributed by atoms with Gasteiger partial charge in [-0.05, 0) is 12.3 Å². The molecule has 2 fully saturated rings. The molecule has 2 atom stereocenters. The zero-order valence-corrected chi connectivity index (χ0v) is 9.83. The fourth-order valence-electron chi connectivity index (χ4n) is 3.09. The van der Waals surface area contributed by atoms with Crippen LogP contribution in [0.5, 0.6) is 0 Å². The molecule has 4 heterocycles. The SMILES string of the molecule is O=c1[nH]nc2cc(N3CC[C@@H]4CNC[C@@H]43)ncn12. The van der Waals surface area contributed by atoms with Crippen LogP contribution < -0.4 is 15.9 Å². The van der Waals surface area contributed by atoms with E-state index in [0.29, 0.717) is 11.7 Å². The quantitative estimate of drug-likeness (QED) is 0.690. The molecule has 0 aromatic carbocycles. The van der Waals surface area contributed by atoms with E-state index in [0.717, 1.165) is 31.4 Å². The van der Waals surface area contributed by atoms with Crippen molar-refractivity contribution in [1.82, 2.24) is 24.9 Å². The summed E-state index contributed by atoms with van der Waals surface area (Å²) in [5, 5.41) is 9.83. The van der Waals surface area contributed by atoms with Crippen molar-refractivity contribution in [2.75, 3.05) is 24.5 Å². The Morgan fingerprint density at radius 2 is 2.33 bits per heavy atom. The highest BCUT2D eigenvalue weighted by atomic mass is 16.1. The summed E-state index contributed by atoms with van der Waals surface area (Å²) >= 11 is 0. The van der Waals surface area contributed by atoms with Gasteiger partial charge < -0.3 is 10.2 Å². The number of aromatic nitrogens is 4. The number of nitrogens with zero attached hydrogens (tertiary/aromatic N) is 4. The number of H-pyrrole nitrogens is 1. The Kier molecular flexibility index (Phi) is 1.99. The van der Waals surface area contributed by atoms with E-state index in [1.54, 1.807) is 6.33 Å². The molecule has 0 unspecified atom stereocenters. The van der Waals surface area contributed by atoms with Crippen LogP contribution in [0.25, 0.3) is 5.65 Å². The van der Waals surface area contributed by atoms with Crippen LogP contribution in [0.2, 0.25) is 0 Å². The third kappa shape index (κ3) is 1.30. The summed E-state index contributed by atoms with van der Waals surface area (Å²) in [5.41, 5.74) is 0.380. The van der Waals surface area contributed by atoms with Gasteiger partial charge in [0.25, 0.3) is 0 Å². The summed E-state index contributed by atoms with van der Waals surface area (Å²) < 4.78 is 1.42. The lowest BCUT2D eigenvalue weighted by molar-refractivity contribution is 0.577. The Balaban J connectivity index is 1.76. The van der Waals surface area contributed by atoms with Gasteiger partial charge in [-0.25, -0.2) is 19.3 Å². The molecule has 0 saturated carbocycles. The lowest BCUT2D eigenvalue weighted by Gasteiger charge is -2.24. The Labute approximate surface area is 103 Å². The van der Waals surface area contributed by atoms with Crippen LogP contribution in [-0.4, -0.2) is 45.3 Å². The molecular formula is C11H14N6O. The first-order chi connectivity index (χ1) is 8.83. The number of hydrogen-bond acceptors (Lipinski definition) is 5. The maximum atomic E-state index is 11.4. The van der Waals surface area contributed by atoms with Crippen LogP contribution in [0.3, 0.4) is 0 Å². The molecule has 0 radical (unpaired) electrons. The first kappa shape index (κ1) is 10.1. The van der Waals surface area contributed by atoms with Gasteiger partial charge in [0.15, 0.2) is 5.65 Å². The topological polar surface area (TPSA) is 78.3 Å². The van der Waals surface area contributed by atoms with E-state index >= 15 is 0 Å². The highest BCUT2D eigenvalue weighted by molar-refractivity contribution is 5.52. The van der Waals surface area contributed by atoms with Gasteiger partial charge in [0, 0.05) is 31.7 Å². The molecule has 2 N–H and O–H groups in total. The molecule has 2 saturated heterocycles. The van der Waals surface area contributed by atoms with Crippen LogP contribution in [0.4, 0.5) is 5.82 Å². The van der Waals surface area contributed by atoms with Crippen molar-refractivity contribution in [3.8, 4) is 0 Å². The monoisotopic (exact) mass is 246 g/mol. The molecule has 2 aliphatic heterocycles. The number of fused-ring (bicyclic) bond motifs is 2. The van der Waals surface area contributed by atoms with Crippen LogP contribution in [0.1, 0.15) is 6.42 Å². The molecule has 0 amide bonds. The van der Waals surface area contributed by atoms with Gasteiger partial charge in [-0.15, -0.1) is 0 Å². The smallest absolute Gasteiger partial charge is 0.348 e. The van der Waals surface area contributed by atoms with Gasteiger partial charge >= 0.3 is 5.69 Å². The molecular weight excluding hydrogens is 232 g/mol. The zero-order valence-electron chi connectivity index (χ0n) is 9.83. The molecule has 0 bridgehead atoms. The van der Waals surface area contributed by atoms with Crippen molar-refractivity contribution in [2.45, 2.75) is 12.5 Å². The van der Waals surface area contributed by atoms with E-state index in [9.17, 15) is 4.79 Å². The van der Waals surface area contributed by atoms with Crippen molar-refractivity contribution in [1.29, 1.82) is 0 Å². The van der Waals surface area contributed by atoms with Crippen molar-refractivity contribution in [2.24, 2.45) is 5.92 Å². The average Bonchev–Trinajstić information content (AvgIpc) is 3.04. The molecule has 94 valence electrons. The van der Waals surface area contributed by atoms with Crippen molar-refractivity contribution < 1.29 is 0 Å². The summed E-state index contributed by atoms with van der Waals surface area (Å²) in [7, 11) is 0. The van der Waals surface area contributed by atoms with Gasteiger partial charge in [0.2, 0.25) is 0 Å². The lowest BCUT2D eigenvalue weighted by Crippen LogP contribution is -2.34. The van der Waals surface area contributed by atoms with Gasteiger partial charge in [-0.3, -0.25) is 0 Å². The predicted molar refractivity (Wildman–Crippen MR) is 65.7 cm³/mol. The maximum Gasteiger partial charge on any atom is 0.348 e. The van der Waals surface area contributed by atoms with Gasteiger partial charge in [0.05, 0.1) is 0 Å². The first-order valence-electron chi connectivity index (χ1n) is 6.23. The molecule has 2 aromatic heterocycles. The Bertz CT molecular complexity index is 646. The van der Waals surface area contributed by atoms with E-state index in [-0.39, 0.29) is 5.69 Å². The highest BCUT2D eigenvalue weighted by Crippen LogP contribution is 2.30. The largest absolute Gasteiger partial charge is 0.352 e. The summed E-state index contributed by atoms with van der Waals surface area (Å²) in [5.74, 6) is 1.64. The van der Waals surface area contributed by atoms with Crippen molar-refractivity contribution in [3.63, 3.8) is 0 Å². The normalized spacial score (nSPS) is 27.0. The Morgan fingerprint density at radius 1 is 1.39 bits per heavy atom. The minimum absolute atomic E-state index is 0.245. The summed E-state index contributed by atoms with van der Waals surface area (Å²) in [4.78, 5) is 18.1. The minimum Gasteiger partial charge on any atom is -0.352 e. The molecule has 2 aromatic rings. The molecule has 18 heavy (non-hydrogen) atoms. The number of hydrogen-bond donors (Lipinski definition) is 2. The molecule has 7 nitrogen and oxygen atoms in total. The molecule has 0 aliphatic carbocycles. The zero-order chi connectivity index (χ0) is 12.1. The summed E-state index contributed by atoms with van der Waals surface area (Å²) in [6, 6.07) is 2.41. The standard InChI is InChI=1S/C11H14N6O/c18-11-15-14-10-3-9(13-6-17(10)11)16-2-1-7-4-12-5-8(7)16/h3,6-8,12H,1-2,4-5H2,(H,15,18)/t7-,8+/m1/s1. The molecule has 7 heteroatoms. The predicted octanol–water partition coefficient (Wildman–Crippen LogP) is -0.784. The number of nitrogens with one attached hydrogen (secondary N) is 2. The van der Waals surface area contributed by atoms with Gasteiger partial charge in [-0.1, -0.05) is 0 Å². The fourth-order valence-corrected chi connectivity index (χ4v) is 3.09. The average molecular weight is 246 g/mol. The van der Waals surface area contributed by atoms with Gasteiger partial charge in [0.1, 0.15) is 12.1 Å². The summed E-state index contributed by atoms with van der Waals surface area (Å²) in [6.07, 6.45) is 2.75. The van der Waals surface area contributed by atoms with Crippen LogP contribution in [-0.2, 0) is 0 Å². The van der Waals surface area contributed by atoms with Crippen LogP contribution in [0, 0.1) is 5.92 Å². The Morgan fingerprint density at radius 3 is 3.28 bits per heavy atom. The molecule has 2 aliphatic rings. The summed E-state index contributed by atoms with van der Waals surface area (Å²) in [6.45, 7) is 3.16. The maximum absolute atomic E-state index is 11.4. The third-order valence-electron chi connectivity index (χ3n) is 4.03. The number of anilines is 1. The second-order valence-corrected chi connectivity index (χ2v) is 4.97. The fraction of sp³-hybridized carbons (Fsp3) is 0.545. The molecule has 4 rings (SSSR count). The highest BCUT2D eigenvalue weighted by Gasteiger charge is 2.38. The first-order valence-corrected chi connectivity index (χ1v) is 6.23. The van der Waals surface area contributed by atoms with Gasteiger partial charge in [-0.2, -0.15) is 5.10 Å². The van der Waals surface area contributed by atoms with Crippen molar-refractivity contribution in [3.05, 3.63) is 22.9 Å². The van der Waals surface area contributed by atoms with E-state index in [2.05, 4.69) is 25.4 Å². The van der Waals surface area contributed by atoms with Crippen LogP contribution in [0.15, 0.2) is 17.2 Å².